The third-order valence-corrected chi connectivity index (χ3v) is 5.58. The third-order valence-electron chi connectivity index (χ3n) is 5.08. The molecule has 1 heterocycles. The topological polar surface area (TPSA) is 26.3 Å². The van der Waals surface area contributed by atoms with E-state index in [1.807, 2.05) is 25.1 Å². The van der Waals surface area contributed by atoms with Crippen molar-refractivity contribution in [3.63, 3.8) is 0 Å². The van der Waals surface area contributed by atoms with Crippen molar-refractivity contribution in [3.8, 4) is 0 Å². The molecular formula is C18H23BrO2. The molecule has 0 bridgehead atoms. The lowest BCUT2D eigenvalue weighted by Crippen LogP contribution is -2.43. The highest BCUT2D eigenvalue weighted by Gasteiger charge is 2.40. The average molecular weight is 351 g/mol. The van der Waals surface area contributed by atoms with Crippen molar-refractivity contribution in [2.45, 2.75) is 57.5 Å². The van der Waals surface area contributed by atoms with Crippen molar-refractivity contribution in [2.75, 3.05) is 6.61 Å². The second-order valence-electron chi connectivity index (χ2n) is 6.61. The molecule has 1 unspecified atom stereocenters. The van der Waals surface area contributed by atoms with E-state index in [1.54, 1.807) is 0 Å². The van der Waals surface area contributed by atoms with Crippen molar-refractivity contribution >= 4 is 21.7 Å². The molecule has 0 N–H and O–H groups in total. The van der Waals surface area contributed by atoms with E-state index in [9.17, 15) is 4.79 Å². The summed E-state index contributed by atoms with van der Waals surface area (Å²) < 4.78 is 7.15. The minimum Gasteiger partial charge on any atom is -0.375 e. The van der Waals surface area contributed by atoms with Crippen LogP contribution in [0.3, 0.4) is 0 Å². The second kappa shape index (κ2) is 6.21. The van der Waals surface area contributed by atoms with E-state index in [0.717, 1.165) is 47.9 Å². The Morgan fingerprint density at radius 3 is 2.76 bits per heavy atom. The van der Waals surface area contributed by atoms with Gasteiger partial charge in [-0.2, -0.15) is 0 Å². The van der Waals surface area contributed by atoms with Gasteiger partial charge in [0.15, 0.2) is 5.78 Å². The van der Waals surface area contributed by atoms with Gasteiger partial charge in [-0.15, -0.1) is 0 Å². The first-order chi connectivity index (χ1) is 10.1. The van der Waals surface area contributed by atoms with Gasteiger partial charge in [-0.3, -0.25) is 4.79 Å². The predicted molar refractivity (Wildman–Crippen MR) is 87.7 cm³/mol. The molecule has 0 radical (unpaired) electrons. The molecule has 1 aliphatic carbocycles. The number of carbonyl (C=O) groups is 1. The number of halogens is 1. The minimum absolute atomic E-state index is 0.0000944. The van der Waals surface area contributed by atoms with Gasteiger partial charge in [0.1, 0.15) is 0 Å². The van der Waals surface area contributed by atoms with E-state index in [1.165, 1.54) is 19.3 Å². The fourth-order valence-electron chi connectivity index (χ4n) is 3.92. The van der Waals surface area contributed by atoms with Crippen molar-refractivity contribution in [3.05, 3.63) is 33.8 Å². The van der Waals surface area contributed by atoms with Crippen LogP contribution in [0.15, 0.2) is 22.7 Å². The third kappa shape index (κ3) is 3.24. The van der Waals surface area contributed by atoms with Crippen LogP contribution in [0, 0.1) is 12.8 Å². The summed E-state index contributed by atoms with van der Waals surface area (Å²) in [6, 6.07) is 5.96. The van der Waals surface area contributed by atoms with E-state index < -0.39 is 0 Å². The quantitative estimate of drug-likeness (QED) is 0.696. The maximum absolute atomic E-state index is 12.9. The monoisotopic (exact) mass is 350 g/mol. The molecular weight excluding hydrogens is 328 g/mol. The Balaban J connectivity index is 1.77. The van der Waals surface area contributed by atoms with Gasteiger partial charge in [-0.1, -0.05) is 41.3 Å². The summed E-state index contributed by atoms with van der Waals surface area (Å²) in [6.07, 6.45) is 7.87. The van der Waals surface area contributed by atoms with Gasteiger partial charge < -0.3 is 4.74 Å². The molecule has 0 amide bonds. The van der Waals surface area contributed by atoms with Gasteiger partial charge in [0.25, 0.3) is 0 Å². The number of aryl methyl sites for hydroxylation is 1. The number of rotatable bonds is 2. The Hall–Kier alpha value is -0.670. The first-order valence-corrected chi connectivity index (χ1v) is 8.83. The molecule has 1 atom stereocenters. The summed E-state index contributed by atoms with van der Waals surface area (Å²) in [5.74, 6) is 0.449. The largest absolute Gasteiger partial charge is 0.375 e. The second-order valence-corrected chi connectivity index (χ2v) is 7.52. The lowest BCUT2D eigenvalue weighted by molar-refractivity contribution is -0.111. The molecule has 1 saturated heterocycles. The van der Waals surface area contributed by atoms with Crippen LogP contribution < -0.4 is 0 Å². The highest BCUT2D eigenvalue weighted by Crippen LogP contribution is 2.41. The van der Waals surface area contributed by atoms with E-state index in [0.29, 0.717) is 5.78 Å². The molecule has 1 aliphatic heterocycles. The van der Waals surface area contributed by atoms with Crippen LogP contribution in [0.25, 0.3) is 0 Å². The van der Waals surface area contributed by atoms with Crippen LogP contribution in [0.1, 0.15) is 60.9 Å². The Labute approximate surface area is 135 Å². The minimum atomic E-state index is 0.0000944. The number of ether oxygens (including phenoxy) is 1. The maximum atomic E-state index is 12.9. The fourth-order valence-corrected chi connectivity index (χ4v) is 4.40. The van der Waals surface area contributed by atoms with Crippen molar-refractivity contribution in [1.82, 2.24) is 0 Å². The zero-order valence-corrected chi connectivity index (χ0v) is 14.2. The van der Waals surface area contributed by atoms with E-state index >= 15 is 0 Å². The van der Waals surface area contributed by atoms with E-state index in [2.05, 4.69) is 15.9 Å². The number of benzene rings is 1. The van der Waals surface area contributed by atoms with Crippen molar-refractivity contribution in [2.24, 2.45) is 5.92 Å². The van der Waals surface area contributed by atoms with Gasteiger partial charge >= 0.3 is 0 Å². The summed E-state index contributed by atoms with van der Waals surface area (Å²) in [5.41, 5.74) is 1.95. The molecule has 3 rings (SSSR count). The SMILES string of the molecule is Cc1cc(Br)ccc1C(=O)C1CCOC2(CCCCC2)C1. The molecule has 114 valence electrons. The Morgan fingerprint density at radius 1 is 1.29 bits per heavy atom. The average Bonchev–Trinajstić information content (AvgIpc) is 2.47. The zero-order valence-electron chi connectivity index (χ0n) is 12.7. The Morgan fingerprint density at radius 2 is 2.05 bits per heavy atom. The van der Waals surface area contributed by atoms with Gasteiger partial charge in [0.05, 0.1) is 5.60 Å². The molecule has 2 nitrogen and oxygen atoms in total. The fraction of sp³-hybridized carbons (Fsp3) is 0.611. The van der Waals surface area contributed by atoms with Gasteiger partial charge in [-0.25, -0.2) is 0 Å². The molecule has 1 spiro atoms. The van der Waals surface area contributed by atoms with E-state index in [4.69, 9.17) is 4.74 Å². The van der Waals surface area contributed by atoms with Crippen molar-refractivity contribution in [1.29, 1.82) is 0 Å². The standard InChI is InChI=1S/C18H23BrO2/c1-13-11-15(19)5-6-16(13)17(20)14-7-10-21-18(12-14)8-3-2-4-9-18/h5-6,11,14H,2-4,7-10,12H2,1H3. The molecule has 2 fully saturated rings. The van der Waals surface area contributed by atoms with E-state index in [-0.39, 0.29) is 11.5 Å². The van der Waals surface area contributed by atoms with Crippen LogP contribution in [-0.2, 0) is 4.74 Å². The molecule has 1 saturated carbocycles. The van der Waals surface area contributed by atoms with Crippen LogP contribution in [0.5, 0.6) is 0 Å². The lowest BCUT2D eigenvalue weighted by atomic mass is 9.74. The normalized spacial score (nSPS) is 25.0. The molecule has 1 aromatic rings. The first kappa shape index (κ1) is 15.2. The molecule has 2 aliphatic rings. The summed E-state index contributed by atoms with van der Waals surface area (Å²) in [5, 5.41) is 0. The molecule has 3 heteroatoms. The molecule has 21 heavy (non-hydrogen) atoms. The lowest BCUT2D eigenvalue weighted by Gasteiger charge is -2.43. The molecule has 0 aromatic heterocycles. The number of Topliss-reactive ketones (excluding diaryl/α,β-unsaturated/α-hetero) is 1. The van der Waals surface area contributed by atoms with Crippen LogP contribution in [-0.4, -0.2) is 18.0 Å². The molecule has 1 aromatic carbocycles. The van der Waals surface area contributed by atoms with Gasteiger partial charge in [0.2, 0.25) is 0 Å². The number of hydrogen-bond acceptors (Lipinski definition) is 2. The van der Waals surface area contributed by atoms with Crippen LogP contribution in [0.2, 0.25) is 0 Å². The maximum Gasteiger partial charge on any atom is 0.166 e. The van der Waals surface area contributed by atoms with Crippen molar-refractivity contribution < 1.29 is 9.53 Å². The van der Waals surface area contributed by atoms with Crippen LogP contribution in [0.4, 0.5) is 0 Å². The smallest absolute Gasteiger partial charge is 0.166 e. The number of hydrogen-bond donors (Lipinski definition) is 0. The first-order valence-electron chi connectivity index (χ1n) is 8.04. The summed E-state index contributed by atoms with van der Waals surface area (Å²) >= 11 is 3.47. The highest BCUT2D eigenvalue weighted by molar-refractivity contribution is 9.10. The number of ketones is 1. The van der Waals surface area contributed by atoms with Crippen LogP contribution >= 0.6 is 15.9 Å². The summed E-state index contributed by atoms with van der Waals surface area (Å²) in [7, 11) is 0. The predicted octanol–water partition coefficient (Wildman–Crippen LogP) is 5.07. The van der Waals surface area contributed by atoms with Gasteiger partial charge in [0, 0.05) is 22.6 Å². The Bertz CT molecular complexity index is 527. The summed E-state index contributed by atoms with van der Waals surface area (Å²) in [6.45, 7) is 2.76. The highest BCUT2D eigenvalue weighted by atomic mass is 79.9. The number of carbonyl (C=O) groups excluding carboxylic acids is 1. The zero-order chi connectivity index (χ0) is 14.9. The Kier molecular flexibility index (Phi) is 4.51. The summed E-state index contributed by atoms with van der Waals surface area (Å²) in [4.78, 5) is 12.9. The van der Waals surface area contributed by atoms with Gasteiger partial charge in [-0.05, 0) is 50.3 Å².